The van der Waals surface area contributed by atoms with Gasteiger partial charge >= 0.3 is 0 Å². The van der Waals surface area contributed by atoms with Crippen molar-refractivity contribution < 1.29 is 76.7 Å². The van der Waals surface area contributed by atoms with Crippen molar-refractivity contribution in [2.75, 3.05) is 39.3 Å². The molecule has 41 heteroatoms. The second kappa shape index (κ2) is 59.7. The predicted molar refractivity (Wildman–Crippen MR) is 493 cm³/mol. The average molecular weight is 1840 g/mol. The quantitative estimate of drug-likeness (QED) is 0.0109. The number of nitrogens with one attached hydrogen (secondary N) is 15. The standard InChI is InChI=1S/C91H135N25O16/c1-6-57(4)78(90(132)110-68(38-26-45-102-91(98)99)84(126)113-71(81(123)103-52-76(97)119)49-60-29-12-8-13-30-60)115-86(128)67(36-17-22-42-93)107-85(127)69(39-40-74(95)117)106-77(120)53-104-79(121)58(5)105-82(124)65(35-16-21-41-92)108-87(129)70(47-56(2)3)112-83(125)66(37-20-25-46-116(54-62-33-18-23-43-100-62)55-63-34-19-24-44-101-63)109-88(130)72(50-61-31-14-9-15-32-61)114-89(131)73(51-75(96)118)111-80(122)64(94)48-59-27-10-7-11-28-59/h7-15,18-19,23-24,27-34,43-44,56-58,64-73,78H,6,16-17,20-22,25-26,35-42,45-55,92-94H2,1-5H3,(H2,95,117)(H2,96,118)(H2,97,119)(H,103,123)(H,104,121)(H,105,124)(H,106,120)(H,107,127)(H,108,129)(H,109,130)(H,110,132)(H,111,122)(H,112,125)(H,113,126)(H,114,131)(H,115,128)(H4,98,99,102)/t57-,58-,64-,65-,66-,67-,68-,69-,70-,71-,72-,73-,78-/m0/s1. The van der Waals surface area contributed by atoms with E-state index in [9.17, 15) is 67.1 Å². The lowest BCUT2D eigenvalue weighted by atomic mass is 9.96. The number of rotatable bonds is 63. The van der Waals surface area contributed by atoms with Crippen LogP contribution in [0, 0.1) is 17.2 Å². The van der Waals surface area contributed by atoms with Gasteiger partial charge in [-0.15, -0.1) is 0 Å². The Morgan fingerprint density at radius 1 is 0.379 bits per heavy atom. The molecule has 2 heterocycles. The number of nitrogens with two attached hydrogens (primary N) is 7. The van der Waals surface area contributed by atoms with Crippen LogP contribution in [0.25, 0.3) is 0 Å². The minimum absolute atomic E-state index is 0.0155. The Balaban J connectivity index is 1.35. The van der Waals surface area contributed by atoms with E-state index in [4.69, 9.17) is 45.5 Å². The summed E-state index contributed by atoms with van der Waals surface area (Å²) in [4.78, 5) is 235. The Kier molecular flexibility index (Phi) is 49.4. The van der Waals surface area contributed by atoms with Gasteiger partial charge < -0.3 is 115 Å². The smallest absolute Gasteiger partial charge is 0.243 e. The van der Waals surface area contributed by atoms with Crippen LogP contribution in [0.5, 0.6) is 0 Å². The molecule has 5 rings (SSSR count). The number of nitrogens with zero attached hydrogens (tertiary/aromatic N) is 3. The zero-order valence-corrected chi connectivity index (χ0v) is 75.9. The van der Waals surface area contributed by atoms with Crippen LogP contribution in [0.1, 0.15) is 165 Å². The number of primary amides is 3. The molecule has 29 N–H and O–H groups in total. The van der Waals surface area contributed by atoms with E-state index in [1.807, 2.05) is 24.3 Å². The Labute approximate surface area is 769 Å². The summed E-state index contributed by atoms with van der Waals surface area (Å²) in [5, 5.41) is 44.4. The molecule has 720 valence electrons. The second-order valence-corrected chi connectivity index (χ2v) is 33.0. The zero-order valence-electron chi connectivity index (χ0n) is 75.9. The second-order valence-electron chi connectivity index (χ2n) is 33.0. The molecule has 132 heavy (non-hydrogen) atoms. The lowest BCUT2D eigenvalue weighted by Gasteiger charge is -2.29. The number of carbonyl (C=O) groups is 16. The third-order valence-corrected chi connectivity index (χ3v) is 21.4. The van der Waals surface area contributed by atoms with E-state index < -0.39 is 205 Å². The number of hydrogen-bond acceptors (Lipinski definition) is 23. The van der Waals surface area contributed by atoms with Crippen molar-refractivity contribution in [1.29, 1.82) is 5.41 Å². The fourth-order valence-electron chi connectivity index (χ4n) is 14.0. The highest BCUT2D eigenvalue weighted by molar-refractivity contribution is 6.00. The van der Waals surface area contributed by atoms with Gasteiger partial charge in [0.2, 0.25) is 94.5 Å². The molecule has 5 aromatic rings. The first-order chi connectivity index (χ1) is 63.1. The van der Waals surface area contributed by atoms with Crippen molar-refractivity contribution in [3.63, 3.8) is 0 Å². The van der Waals surface area contributed by atoms with E-state index in [0.29, 0.717) is 56.4 Å². The number of pyridine rings is 2. The van der Waals surface area contributed by atoms with Crippen LogP contribution in [-0.2, 0) is 109 Å². The topological polar surface area (TPSA) is 677 Å². The maximum absolute atomic E-state index is 15.2. The summed E-state index contributed by atoms with van der Waals surface area (Å²) < 4.78 is 0. The molecule has 2 aromatic heterocycles. The molecule has 0 bridgehead atoms. The Bertz CT molecular complexity index is 4490. The monoisotopic (exact) mass is 1830 g/mol. The molecule has 0 fully saturated rings. The first-order valence-electron chi connectivity index (χ1n) is 44.7. The van der Waals surface area contributed by atoms with E-state index >= 15 is 9.59 Å². The first kappa shape index (κ1) is 109. The molecule has 0 aliphatic carbocycles. The molecular formula is C91H135N25O16. The fraction of sp³-hybridized carbons (Fsp3) is 0.505. The van der Waals surface area contributed by atoms with Crippen molar-refractivity contribution in [2.45, 2.75) is 242 Å². The van der Waals surface area contributed by atoms with Crippen LogP contribution in [0.2, 0.25) is 0 Å². The lowest BCUT2D eigenvalue weighted by Crippen LogP contribution is -2.61. The molecule has 0 saturated heterocycles. The molecule has 0 spiro atoms. The third kappa shape index (κ3) is 42.4. The molecule has 41 nitrogen and oxygen atoms in total. The third-order valence-electron chi connectivity index (χ3n) is 21.4. The summed E-state index contributed by atoms with van der Waals surface area (Å²) in [6, 6.07) is 20.2. The number of carbonyl (C=O) groups excluding carboxylic acids is 16. The molecule has 0 radical (unpaired) electrons. The van der Waals surface area contributed by atoms with Crippen LogP contribution in [0.15, 0.2) is 140 Å². The van der Waals surface area contributed by atoms with Crippen molar-refractivity contribution in [1.82, 2.24) is 89.3 Å². The molecule has 0 saturated carbocycles. The summed E-state index contributed by atoms with van der Waals surface area (Å²) in [6.07, 6.45) is 3.88. The number of guanidine groups is 1. The molecule has 13 atom stereocenters. The average Bonchev–Trinajstić information content (AvgIpc) is 0.849. The maximum Gasteiger partial charge on any atom is 0.243 e. The molecule has 3 aromatic carbocycles. The SMILES string of the molecule is CC[C@H](C)[C@H](NC(=O)[C@H](CCCCN)NC(=O)[C@H](CCC(N)=O)NC(=O)CNC(=O)[C@H](C)NC(=O)[C@H](CCCCN)NC(=O)[C@H](CC(C)C)NC(=O)[C@H](CCCCN(Cc1ccccn1)Cc1ccccn1)NC(=O)[C@H](Cc1ccccc1)NC(=O)[C@H](CC(N)=O)NC(=O)[C@@H](N)Cc1ccccc1)C(=O)N[C@@H](CCCNC(=N)N)C(=O)N[C@@H](Cc1ccccc1)C(=O)NCC(N)=O. The van der Waals surface area contributed by atoms with E-state index in [1.54, 1.807) is 143 Å². The summed E-state index contributed by atoms with van der Waals surface area (Å²) in [6.45, 7) is 8.65. The highest BCUT2D eigenvalue weighted by Gasteiger charge is 2.38. The molecule has 0 aliphatic heterocycles. The number of aromatic nitrogens is 2. The van der Waals surface area contributed by atoms with Gasteiger partial charge in [-0.25, -0.2) is 0 Å². The minimum atomic E-state index is -1.61. The van der Waals surface area contributed by atoms with Crippen LogP contribution >= 0.6 is 0 Å². The van der Waals surface area contributed by atoms with Gasteiger partial charge in [0.1, 0.15) is 66.5 Å². The molecule has 16 amide bonds. The van der Waals surface area contributed by atoms with E-state index in [2.05, 4.69) is 89.3 Å². The van der Waals surface area contributed by atoms with Crippen molar-refractivity contribution in [3.8, 4) is 0 Å². The Morgan fingerprint density at radius 3 is 1.23 bits per heavy atom. The van der Waals surface area contributed by atoms with Crippen LogP contribution in [0.3, 0.4) is 0 Å². The number of benzene rings is 3. The molecule has 0 unspecified atom stereocenters. The van der Waals surface area contributed by atoms with E-state index in [0.717, 1.165) is 17.0 Å². The van der Waals surface area contributed by atoms with Gasteiger partial charge in [-0.3, -0.25) is 97.0 Å². The van der Waals surface area contributed by atoms with Gasteiger partial charge in [0.25, 0.3) is 0 Å². The molecular weight excluding hydrogens is 1700 g/mol. The maximum atomic E-state index is 15.2. The molecule has 0 aliphatic rings. The van der Waals surface area contributed by atoms with Gasteiger partial charge in [-0.05, 0) is 169 Å². The Morgan fingerprint density at radius 2 is 0.780 bits per heavy atom. The summed E-state index contributed by atoms with van der Waals surface area (Å²) >= 11 is 0. The highest BCUT2D eigenvalue weighted by Crippen LogP contribution is 2.18. The van der Waals surface area contributed by atoms with Gasteiger partial charge in [-0.2, -0.15) is 0 Å². The van der Waals surface area contributed by atoms with Gasteiger partial charge in [-0.1, -0.05) is 137 Å². The van der Waals surface area contributed by atoms with Crippen LogP contribution in [-0.4, -0.2) is 227 Å². The van der Waals surface area contributed by atoms with E-state index in [1.165, 1.54) is 6.92 Å². The summed E-state index contributed by atoms with van der Waals surface area (Å²) in [7, 11) is 0. The predicted octanol–water partition coefficient (Wildman–Crippen LogP) is -2.47. The van der Waals surface area contributed by atoms with Gasteiger partial charge in [0.15, 0.2) is 5.96 Å². The Hall–Kier alpha value is -13.4. The van der Waals surface area contributed by atoms with Crippen molar-refractivity contribution in [3.05, 3.63) is 168 Å². The van der Waals surface area contributed by atoms with Crippen molar-refractivity contribution in [2.24, 2.45) is 52.0 Å². The van der Waals surface area contributed by atoms with Crippen LogP contribution in [0.4, 0.5) is 0 Å². The van der Waals surface area contributed by atoms with Gasteiger partial charge in [0.05, 0.1) is 36.9 Å². The largest absolute Gasteiger partial charge is 0.370 e. The fourth-order valence-corrected chi connectivity index (χ4v) is 14.0. The van der Waals surface area contributed by atoms with Crippen molar-refractivity contribution >= 4 is 100 Å². The lowest BCUT2D eigenvalue weighted by molar-refractivity contribution is -0.136. The number of unbranched alkanes of at least 4 members (excludes halogenated alkanes) is 3. The number of hydrogen-bond donors (Lipinski definition) is 22. The normalized spacial score (nSPS) is 14.0. The minimum Gasteiger partial charge on any atom is -0.370 e. The highest BCUT2D eigenvalue weighted by atomic mass is 16.2. The summed E-state index contributed by atoms with van der Waals surface area (Å²) in [5.74, 6) is -15.4. The van der Waals surface area contributed by atoms with E-state index in [-0.39, 0.29) is 109 Å². The zero-order chi connectivity index (χ0) is 97.0. The summed E-state index contributed by atoms with van der Waals surface area (Å²) in [5.41, 5.74) is 43.5. The first-order valence-corrected chi connectivity index (χ1v) is 44.7. The van der Waals surface area contributed by atoms with Gasteiger partial charge in [0, 0.05) is 51.3 Å². The number of amides is 16. The van der Waals surface area contributed by atoms with Crippen LogP contribution < -0.4 is 115 Å².